The molecule has 1 aromatic heterocycles. The van der Waals surface area contributed by atoms with Crippen LogP contribution >= 0.6 is 11.3 Å². The molecule has 3 nitrogen and oxygen atoms in total. The summed E-state index contributed by atoms with van der Waals surface area (Å²) in [7, 11) is 0. The largest absolute Gasteiger partial charge is 0.322 e. The van der Waals surface area contributed by atoms with Crippen molar-refractivity contribution in [1.82, 2.24) is 4.98 Å². The van der Waals surface area contributed by atoms with E-state index in [0.717, 1.165) is 20.8 Å². The van der Waals surface area contributed by atoms with Gasteiger partial charge in [-0.15, -0.1) is 11.3 Å². The van der Waals surface area contributed by atoms with Gasteiger partial charge in [-0.2, -0.15) is 0 Å². The minimum absolute atomic E-state index is 0.288. The Morgan fingerprint density at radius 3 is 2.62 bits per heavy atom. The Kier molecular flexibility index (Phi) is 4.22. The number of nitrogens with zero attached hydrogens (tertiary/aromatic N) is 1. The molecule has 4 aromatic rings. The minimum atomic E-state index is -0.431. The topological polar surface area (TPSA) is 42.0 Å². The highest BCUT2D eigenvalue weighted by Crippen LogP contribution is 2.31. The first-order valence-corrected chi connectivity index (χ1v) is 8.95. The fourth-order valence-corrected chi connectivity index (χ4v) is 3.75. The van der Waals surface area contributed by atoms with E-state index in [4.69, 9.17) is 0 Å². The van der Waals surface area contributed by atoms with E-state index in [1.807, 2.05) is 30.3 Å². The molecule has 0 atom stereocenters. The lowest BCUT2D eigenvalue weighted by Crippen LogP contribution is -2.11. The van der Waals surface area contributed by atoms with Crippen LogP contribution in [0.2, 0.25) is 0 Å². The third-order valence-corrected chi connectivity index (χ3v) is 5.09. The molecule has 128 valence electrons. The van der Waals surface area contributed by atoms with E-state index in [9.17, 15) is 9.18 Å². The maximum Gasteiger partial charge on any atom is 0.255 e. The third-order valence-electron chi connectivity index (χ3n) is 4.02. The lowest BCUT2D eigenvalue weighted by Gasteiger charge is -2.06. The molecule has 0 spiro atoms. The van der Waals surface area contributed by atoms with Crippen LogP contribution in [0.25, 0.3) is 20.8 Å². The summed E-state index contributed by atoms with van der Waals surface area (Å²) in [6, 6.07) is 19.3. The molecule has 0 fully saturated rings. The summed E-state index contributed by atoms with van der Waals surface area (Å²) in [5.74, 6) is -0.771. The highest BCUT2D eigenvalue weighted by Gasteiger charge is 2.09. The van der Waals surface area contributed by atoms with Crippen molar-refractivity contribution in [3.63, 3.8) is 0 Å². The molecule has 26 heavy (non-hydrogen) atoms. The van der Waals surface area contributed by atoms with Crippen LogP contribution < -0.4 is 5.32 Å². The molecule has 0 aliphatic heterocycles. The van der Waals surface area contributed by atoms with Crippen molar-refractivity contribution < 1.29 is 9.18 Å². The molecule has 0 saturated heterocycles. The lowest BCUT2D eigenvalue weighted by atomic mass is 10.2. The Bertz CT molecular complexity index is 1100. The average Bonchev–Trinajstić information content (AvgIpc) is 3.05. The predicted molar refractivity (Wildman–Crippen MR) is 104 cm³/mol. The highest BCUT2D eigenvalue weighted by atomic mass is 32.1. The predicted octanol–water partition coefficient (Wildman–Crippen LogP) is 5.66. The number of halogens is 1. The molecular formula is C21H15FN2OS. The van der Waals surface area contributed by atoms with Crippen LogP contribution in [-0.4, -0.2) is 10.9 Å². The number of nitrogens with one attached hydrogen (secondary N) is 1. The van der Waals surface area contributed by atoms with Crippen LogP contribution in [0.4, 0.5) is 10.1 Å². The maximum absolute atomic E-state index is 13.2. The fourth-order valence-electron chi connectivity index (χ4n) is 2.68. The molecule has 0 radical (unpaired) electrons. The van der Waals surface area contributed by atoms with Gasteiger partial charge in [-0.25, -0.2) is 9.37 Å². The van der Waals surface area contributed by atoms with Crippen molar-refractivity contribution in [1.29, 1.82) is 0 Å². The monoisotopic (exact) mass is 362 g/mol. The number of benzene rings is 3. The first kappa shape index (κ1) is 16.4. The molecule has 5 heteroatoms. The average molecular weight is 362 g/mol. The van der Waals surface area contributed by atoms with Gasteiger partial charge in [0, 0.05) is 16.8 Å². The fraction of sp³-hybridized carbons (Fsp3) is 0.0476. The summed E-state index contributed by atoms with van der Waals surface area (Å²) in [5, 5.41) is 3.71. The van der Waals surface area contributed by atoms with Crippen LogP contribution in [0.3, 0.4) is 0 Å². The Morgan fingerprint density at radius 2 is 1.85 bits per heavy atom. The van der Waals surface area contributed by atoms with E-state index in [2.05, 4.69) is 29.4 Å². The normalized spacial score (nSPS) is 10.8. The number of hydrogen-bond donors (Lipinski definition) is 1. The highest BCUT2D eigenvalue weighted by molar-refractivity contribution is 7.21. The number of hydrogen-bond acceptors (Lipinski definition) is 3. The van der Waals surface area contributed by atoms with Gasteiger partial charge in [0.05, 0.1) is 10.2 Å². The first-order valence-electron chi connectivity index (χ1n) is 8.13. The smallest absolute Gasteiger partial charge is 0.255 e. The van der Waals surface area contributed by atoms with Crippen molar-refractivity contribution in [2.75, 3.05) is 5.32 Å². The summed E-state index contributed by atoms with van der Waals surface area (Å²) in [6.07, 6.45) is 0. The molecular weight excluding hydrogens is 347 g/mol. The number of thiazole rings is 1. The van der Waals surface area contributed by atoms with Gasteiger partial charge in [-0.05, 0) is 67.1 Å². The Hall–Kier alpha value is -3.05. The second-order valence-corrected chi connectivity index (χ2v) is 7.06. The molecule has 1 heterocycles. The number of carbonyl (C=O) groups is 1. The Balaban J connectivity index is 1.55. The van der Waals surface area contributed by atoms with Crippen molar-refractivity contribution >= 4 is 33.1 Å². The summed E-state index contributed by atoms with van der Waals surface area (Å²) >= 11 is 1.64. The summed E-state index contributed by atoms with van der Waals surface area (Å²) in [6.45, 7) is 2.06. The zero-order chi connectivity index (χ0) is 18.1. The van der Waals surface area contributed by atoms with E-state index in [1.165, 1.54) is 23.8 Å². The Morgan fingerprint density at radius 1 is 1.04 bits per heavy atom. The van der Waals surface area contributed by atoms with Crippen LogP contribution in [-0.2, 0) is 0 Å². The molecule has 4 rings (SSSR count). The SMILES string of the molecule is Cc1ccc2nc(-c3ccc(NC(=O)c4cccc(F)c4)cc3)sc2c1. The second-order valence-electron chi connectivity index (χ2n) is 6.03. The minimum Gasteiger partial charge on any atom is -0.322 e. The van der Waals surface area contributed by atoms with E-state index >= 15 is 0 Å². The van der Waals surface area contributed by atoms with E-state index in [-0.39, 0.29) is 11.5 Å². The van der Waals surface area contributed by atoms with Gasteiger partial charge in [0.25, 0.3) is 5.91 Å². The van der Waals surface area contributed by atoms with Crippen LogP contribution in [0.15, 0.2) is 66.7 Å². The van der Waals surface area contributed by atoms with Crippen molar-refractivity contribution in [2.45, 2.75) is 6.92 Å². The number of rotatable bonds is 3. The zero-order valence-corrected chi connectivity index (χ0v) is 14.8. The molecule has 0 unspecified atom stereocenters. The van der Waals surface area contributed by atoms with Crippen molar-refractivity contribution in [2.24, 2.45) is 0 Å². The first-order chi connectivity index (χ1) is 12.6. The van der Waals surface area contributed by atoms with Crippen LogP contribution in [0.1, 0.15) is 15.9 Å². The molecule has 0 saturated carbocycles. The van der Waals surface area contributed by atoms with Gasteiger partial charge in [0.15, 0.2) is 0 Å². The van der Waals surface area contributed by atoms with E-state index < -0.39 is 5.82 Å². The van der Waals surface area contributed by atoms with E-state index in [1.54, 1.807) is 17.4 Å². The summed E-state index contributed by atoms with van der Waals surface area (Å²) in [5.41, 5.74) is 4.13. The maximum atomic E-state index is 13.2. The quantitative estimate of drug-likeness (QED) is 0.511. The third kappa shape index (κ3) is 3.34. The number of aromatic nitrogens is 1. The van der Waals surface area contributed by atoms with Gasteiger partial charge >= 0.3 is 0 Å². The zero-order valence-electron chi connectivity index (χ0n) is 14.0. The summed E-state index contributed by atoms with van der Waals surface area (Å²) < 4.78 is 14.4. The molecule has 0 bridgehead atoms. The summed E-state index contributed by atoms with van der Waals surface area (Å²) in [4.78, 5) is 16.8. The molecule has 0 aliphatic carbocycles. The van der Waals surface area contributed by atoms with Gasteiger partial charge < -0.3 is 5.32 Å². The molecule has 0 aliphatic rings. The second kappa shape index (κ2) is 6.69. The molecule has 1 amide bonds. The number of anilines is 1. The number of amides is 1. The van der Waals surface area contributed by atoms with Crippen molar-refractivity contribution in [3.8, 4) is 10.6 Å². The van der Waals surface area contributed by atoms with Gasteiger partial charge in [-0.3, -0.25) is 4.79 Å². The number of carbonyl (C=O) groups excluding carboxylic acids is 1. The lowest BCUT2D eigenvalue weighted by molar-refractivity contribution is 0.102. The number of fused-ring (bicyclic) bond motifs is 1. The van der Waals surface area contributed by atoms with Gasteiger partial charge in [-0.1, -0.05) is 12.1 Å². The number of aryl methyl sites for hydroxylation is 1. The van der Waals surface area contributed by atoms with Crippen LogP contribution in [0, 0.1) is 12.7 Å². The van der Waals surface area contributed by atoms with Gasteiger partial charge in [0.1, 0.15) is 10.8 Å². The van der Waals surface area contributed by atoms with Gasteiger partial charge in [0.2, 0.25) is 0 Å². The standard InChI is InChI=1S/C21H15FN2OS/c1-13-5-10-18-19(11-13)26-21(24-18)14-6-8-17(9-7-14)23-20(25)15-3-2-4-16(22)12-15/h2-12H,1H3,(H,23,25). The van der Waals surface area contributed by atoms with Crippen LogP contribution in [0.5, 0.6) is 0 Å². The van der Waals surface area contributed by atoms with Crippen molar-refractivity contribution in [3.05, 3.63) is 83.7 Å². The molecule has 3 aromatic carbocycles. The molecule has 1 N–H and O–H groups in total. The Labute approximate surface area is 154 Å². The van der Waals surface area contributed by atoms with E-state index in [0.29, 0.717) is 5.69 Å².